The Morgan fingerprint density at radius 1 is 0.833 bits per heavy atom. The second kappa shape index (κ2) is 12.4. The Bertz CT molecular complexity index is 265. The van der Waals surface area contributed by atoms with E-state index in [0.717, 1.165) is 24.6 Å². The molecule has 0 radical (unpaired) electrons. The van der Waals surface area contributed by atoms with E-state index in [1.165, 1.54) is 25.7 Å². The average Bonchev–Trinajstić information content (AvgIpc) is 2.33. The maximum Gasteiger partial charge on any atom is 0.150 e. The molecule has 18 heavy (non-hydrogen) atoms. The monoisotopic (exact) mass is 342 g/mol. The van der Waals surface area contributed by atoms with Gasteiger partial charge in [0, 0.05) is 19.0 Å². The van der Waals surface area contributed by atoms with Crippen molar-refractivity contribution in [3.05, 3.63) is 0 Å². The number of unbranched alkanes of at least 4 members (excludes halogenated alkanes) is 6. The third-order valence-electron chi connectivity index (χ3n) is 2.89. The Balaban J connectivity index is 3.36. The number of alkyl halides is 1. The molecular formula is C13H27BrO3S. The summed E-state index contributed by atoms with van der Waals surface area (Å²) in [6.07, 6.45) is 8.66. The third kappa shape index (κ3) is 12.8. The maximum atomic E-state index is 11.6. The fraction of sp³-hybridized carbons (Fsp3) is 1.00. The Kier molecular flexibility index (Phi) is 12.7. The van der Waals surface area contributed by atoms with Crippen LogP contribution >= 0.6 is 15.9 Å². The molecule has 0 aromatic carbocycles. The van der Waals surface area contributed by atoms with Crippen molar-refractivity contribution in [3.63, 3.8) is 0 Å². The number of rotatable bonds is 13. The lowest BCUT2D eigenvalue weighted by Gasteiger charge is -2.04. The van der Waals surface area contributed by atoms with Crippen molar-refractivity contribution in [2.45, 2.75) is 51.4 Å². The topological polar surface area (TPSA) is 43.4 Å². The molecule has 0 saturated heterocycles. The first-order valence-electron chi connectivity index (χ1n) is 6.87. The lowest BCUT2D eigenvalue weighted by atomic mass is 10.1. The highest BCUT2D eigenvalue weighted by Gasteiger charge is 2.09. The van der Waals surface area contributed by atoms with Gasteiger partial charge in [0.15, 0.2) is 0 Å². The molecule has 0 fully saturated rings. The quantitative estimate of drug-likeness (QED) is 0.379. The molecule has 0 bridgehead atoms. The molecule has 0 aromatic heterocycles. The predicted molar refractivity (Wildman–Crippen MR) is 81.3 cm³/mol. The SMILES string of the molecule is COCCCS(=O)(=O)CCCCCCCCCBr. The number of methoxy groups -OCH3 is 1. The zero-order chi connectivity index (χ0) is 13.7. The van der Waals surface area contributed by atoms with Gasteiger partial charge in [0.25, 0.3) is 0 Å². The van der Waals surface area contributed by atoms with Crippen LogP contribution in [0.4, 0.5) is 0 Å². The minimum absolute atomic E-state index is 0.270. The van der Waals surface area contributed by atoms with E-state index in [2.05, 4.69) is 15.9 Å². The minimum Gasteiger partial charge on any atom is -0.385 e. The van der Waals surface area contributed by atoms with Gasteiger partial charge in [0.05, 0.1) is 11.5 Å². The number of hydrogen-bond acceptors (Lipinski definition) is 3. The Hall–Kier alpha value is 0.390. The molecule has 0 spiro atoms. The molecule has 0 heterocycles. The maximum absolute atomic E-state index is 11.6. The standard InChI is InChI=1S/C13H27BrO3S/c1-17-11-9-13-18(15,16)12-8-6-4-2-3-5-7-10-14/h2-13H2,1H3. The molecule has 0 aromatic rings. The summed E-state index contributed by atoms with van der Waals surface area (Å²) < 4.78 is 28.1. The highest BCUT2D eigenvalue weighted by Crippen LogP contribution is 2.09. The summed E-state index contributed by atoms with van der Waals surface area (Å²) >= 11 is 3.42. The van der Waals surface area contributed by atoms with E-state index in [-0.39, 0.29) is 5.75 Å². The number of ether oxygens (including phenoxy) is 1. The second-order valence-electron chi connectivity index (χ2n) is 4.66. The molecule has 0 unspecified atom stereocenters. The van der Waals surface area contributed by atoms with Gasteiger partial charge in [-0.25, -0.2) is 8.42 Å². The van der Waals surface area contributed by atoms with Crippen molar-refractivity contribution in [1.82, 2.24) is 0 Å². The molecule has 0 amide bonds. The molecule has 0 rings (SSSR count). The molecule has 0 saturated carbocycles. The molecule has 0 aliphatic rings. The lowest BCUT2D eigenvalue weighted by molar-refractivity contribution is 0.199. The number of halogens is 1. The Morgan fingerprint density at radius 2 is 1.33 bits per heavy atom. The first kappa shape index (κ1) is 18.4. The normalized spacial score (nSPS) is 11.9. The summed E-state index contributed by atoms with van der Waals surface area (Å²) in [5, 5.41) is 1.09. The van der Waals surface area contributed by atoms with Crippen LogP contribution in [-0.4, -0.2) is 39.0 Å². The highest BCUT2D eigenvalue weighted by atomic mass is 79.9. The lowest BCUT2D eigenvalue weighted by Crippen LogP contribution is -2.12. The van der Waals surface area contributed by atoms with Crippen LogP contribution in [0.15, 0.2) is 0 Å². The van der Waals surface area contributed by atoms with Gasteiger partial charge in [-0.2, -0.15) is 0 Å². The summed E-state index contributed by atoms with van der Waals surface area (Å²) in [5.74, 6) is 0.615. The fourth-order valence-electron chi connectivity index (χ4n) is 1.83. The van der Waals surface area contributed by atoms with Crippen LogP contribution in [-0.2, 0) is 14.6 Å². The van der Waals surface area contributed by atoms with Crippen LogP contribution < -0.4 is 0 Å². The molecule has 5 heteroatoms. The van der Waals surface area contributed by atoms with Crippen molar-refractivity contribution in [2.75, 3.05) is 30.6 Å². The van der Waals surface area contributed by atoms with Gasteiger partial charge in [-0.1, -0.05) is 48.0 Å². The van der Waals surface area contributed by atoms with Gasteiger partial charge in [-0.3, -0.25) is 0 Å². The molecule has 0 aliphatic heterocycles. The van der Waals surface area contributed by atoms with Crippen molar-refractivity contribution in [1.29, 1.82) is 0 Å². The van der Waals surface area contributed by atoms with E-state index in [4.69, 9.17) is 4.74 Å². The van der Waals surface area contributed by atoms with E-state index >= 15 is 0 Å². The molecule has 3 nitrogen and oxygen atoms in total. The van der Waals surface area contributed by atoms with Gasteiger partial charge < -0.3 is 4.74 Å². The van der Waals surface area contributed by atoms with Gasteiger partial charge in [0.2, 0.25) is 0 Å². The number of hydrogen-bond donors (Lipinski definition) is 0. The summed E-state index contributed by atoms with van der Waals surface area (Å²) in [6, 6.07) is 0. The van der Waals surface area contributed by atoms with Crippen LogP contribution in [0.5, 0.6) is 0 Å². The fourth-order valence-corrected chi connectivity index (χ4v) is 3.63. The van der Waals surface area contributed by atoms with Gasteiger partial charge in [0.1, 0.15) is 9.84 Å². The summed E-state index contributed by atoms with van der Waals surface area (Å²) in [6.45, 7) is 0.535. The molecule has 0 N–H and O–H groups in total. The summed E-state index contributed by atoms with van der Waals surface area (Å²) in [4.78, 5) is 0. The van der Waals surface area contributed by atoms with E-state index in [1.807, 2.05) is 0 Å². The van der Waals surface area contributed by atoms with E-state index in [1.54, 1.807) is 7.11 Å². The van der Waals surface area contributed by atoms with Crippen molar-refractivity contribution in [3.8, 4) is 0 Å². The van der Waals surface area contributed by atoms with Crippen molar-refractivity contribution < 1.29 is 13.2 Å². The largest absolute Gasteiger partial charge is 0.385 e. The van der Waals surface area contributed by atoms with E-state index < -0.39 is 9.84 Å². The molecule has 0 atom stereocenters. The number of sulfone groups is 1. The first-order valence-corrected chi connectivity index (χ1v) is 9.82. The van der Waals surface area contributed by atoms with Crippen LogP contribution in [0.1, 0.15) is 51.4 Å². The molecule has 0 aliphatic carbocycles. The third-order valence-corrected chi connectivity index (χ3v) is 5.27. The van der Waals surface area contributed by atoms with E-state index in [0.29, 0.717) is 18.8 Å². The van der Waals surface area contributed by atoms with Gasteiger partial charge in [-0.15, -0.1) is 0 Å². The van der Waals surface area contributed by atoms with Gasteiger partial charge >= 0.3 is 0 Å². The first-order chi connectivity index (χ1) is 8.62. The predicted octanol–water partition coefficient (Wildman–Crippen LogP) is 3.56. The zero-order valence-electron chi connectivity index (χ0n) is 11.5. The van der Waals surface area contributed by atoms with Crippen LogP contribution in [0.3, 0.4) is 0 Å². The molecule has 110 valence electrons. The van der Waals surface area contributed by atoms with Crippen LogP contribution in [0.2, 0.25) is 0 Å². The Morgan fingerprint density at radius 3 is 1.89 bits per heavy atom. The highest BCUT2D eigenvalue weighted by molar-refractivity contribution is 9.09. The molecular weight excluding hydrogens is 316 g/mol. The van der Waals surface area contributed by atoms with E-state index in [9.17, 15) is 8.42 Å². The minimum atomic E-state index is -2.84. The summed E-state index contributed by atoms with van der Waals surface area (Å²) in [7, 11) is -1.24. The van der Waals surface area contributed by atoms with Gasteiger partial charge in [-0.05, 0) is 19.3 Å². The van der Waals surface area contributed by atoms with Crippen LogP contribution in [0.25, 0.3) is 0 Å². The smallest absolute Gasteiger partial charge is 0.150 e. The van der Waals surface area contributed by atoms with Crippen molar-refractivity contribution >= 4 is 25.8 Å². The average molecular weight is 343 g/mol. The summed E-state index contributed by atoms with van der Waals surface area (Å²) in [5.41, 5.74) is 0. The van der Waals surface area contributed by atoms with Crippen molar-refractivity contribution in [2.24, 2.45) is 0 Å². The zero-order valence-corrected chi connectivity index (χ0v) is 13.9. The second-order valence-corrected chi connectivity index (χ2v) is 7.76. The van der Waals surface area contributed by atoms with Crippen LogP contribution in [0, 0.1) is 0 Å². The Labute approximate surface area is 121 Å².